The zero-order valence-electron chi connectivity index (χ0n) is 15.8. The van der Waals surface area contributed by atoms with Crippen LogP contribution in [-0.2, 0) is 12.0 Å². The van der Waals surface area contributed by atoms with Gasteiger partial charge in [0.1, 0.15) is 5.84 Å². The Morgan fingerprint density at radius 2 is 2.04 bits per heavy atom. The van der Waals surface area contributed by atoms with Gasteiger partial charge in [-0.15, -0.1) is 0 Å². The molecule has 0 atom stereocenters. The van der Waals surface area contributed by atoms with Gasteiger partial charge in [0.25, 0.3) is 0 Å². The van der Waals surface area contributed by atoms with Crippen molar-refractivity contribution in [3.05, 3.63) is 40.5 Å². The second-order valence-electron chi connectivity index (χ2n) is 7.98. The number of aliphatic imine (C=N–C) groups is 1. The van der Waals surface area contributed by atoms with Crippen molar-refractivity contribution in [3.8, 4) is 0 Å². The second-order valence-corrected chi connectivity index (χ2v) is 7.98. The van der Waals surface area contributed by atoms with Crippen LogP contribution in [-0.4, -0.2) is 19.4 Å². The summed E-state index contributed by atoms with van der Waals surface area (Å²) in [7, 11) is 2.01. The topological polar surface area (TPSA) is 36.4 Å². The van der Waals surface area contributed by atoms with Crippen molar-refractivity contribution in [1.29, 1.82) is 0 Å². The Morgan fingerprint density at radius 1 is 1.16 bits per heavy atom. The molecule has 3 heteroatoms. The average molecular weight is 338 g/mol. The summed E-state index contributed by atoms with van der Waals surface area (Å²) in [6, 6.07) is 4.73. The number of nitrogens with one attached hydrogen (secondary N) is 2. The monoisotopic (exact) mass is 337 g/mol. The Balaban J connectivity index is 1.42. The summed E-state index contributed by atoms with van der Waals surface area (Å²) in [6.45, 7) is 4.28. The molecule has 0 radical (unpaired) electrons. The third-order valence-electron chi connectivity index (χ3n) is 6.42. The van der Waals surface area contributed by atoms with Crippen LogP contribution in [0.3, 0.4) is 0 Å². The summed E-state index contributed by atoms with van der Waals surface area (Å²) in [5, 5.41) is 7.01. The van der Waals surface area contributed by atoms with Crippen molar-refractivity contribution in [2.24, 2.45) is 4.99 Å². The second kappa shape index (κ2) is 6.95. The molecule has 0 amide bonds. The predicted octanol–water partition coefficient (Wildman–Crippen LogP) is 4.66. The molecule has 4 rings (SSSR count). The molecule has 1 aromatic rings. The largest absolute Gasteiger partial charge is 0.376 e. The van der Waals surface area contributed by atoms with E-state index in [4.69, 9.17) is 4.99 Å². The van der Waals surface area contributed by atoms with Crippen LogP contribution in [0, 0.1) is 6.92 Å². The minimum atomic E-state index is 0.203. The van der Waals surface area contributed by atoms with Gasteiger partial charge >= 0.3 is 0 Å². The maximum absolute atomic E-state index is 4.92. The summed E-state index contributed by atoms with van der Waals surface area (Å²) in [6.07, 6.45) is 12.8. The van der Waals surface area contributed by atoms with Crippen LogP contribution in [0.25, 0.3) is 0 Å². The molecule has 134 valence electrons. The molecule has 2 N–H and O–H groups in total. The maximum atomic E-state index is 4.92. The van der Waals surface area contributed by atoms with Crippen LogP contribution in [0.1, 0.15) is 68.1 Å². The van der Waals surface area contributed by atoms with Crippen molar-refractivity contribution < 1.29 is 0 Å². The van der Waals surface area contributed by atoms with Crippen LogP contribution in [0.4, 0.5) is 5.69 Å². The van der Waals surface area contributed by atoms with Crippen LogP contribution in [0.5, 0.6) is 0 Å². The lowest BCUT2D eigenvalue weighted by Crippen LogP contribution is -2.45. The quantitative estimate of drug-likeness (QED) is 0.605. The predicted molar refractivity (Wildman–Crippen MR) is 106 cm³/mol. The van der Waals surface area contributed by atoms with Crippen LogP contribution < -0.4 is 10.6 Å². The highest BCUT2D eigenvalue weighted by Gasteiger charge is 2.48. The zero-order chi connectivity index (χ0) is 17.3. The average Bonchev–Trinajstić information content (AvgIpc) is 2.93. The van der Waals surface area contributed by atoms with Gasteiger partial charge in [0.2, 0.25) is 0 Å². The molecule has 0 aromatic heterocycles. The lowest BCUT2D eigenvalue weighted by molar-refractivity contribution is 0.340. The summed E-state index contributed by atoms with van der Waals surface area (Å²) in [5.74, 6) is 1.18. The number of aryl methyl sites for hydroxylation is 1. The molecular weight excluding hydrogens is 306 g/mol. The van der Waals surface area contributed by atoms with E-state index in [1.165, 1.54) is 79.6 Å². The minimum absolute atomic E-state index is 0.203. The summed E-state index contributed by atoms with van der Waals surface area (Å²) in [5.41, 5.74) is 7.31. The number of hydrogen-bond acceptors (Lipinski definition) is 3. The van der Waals surface area contributed by atoms with Gasteiger partial charge in [-0.3, -0.25) is 0 Å². The molecule has 0 bridgehead atoms. The first kappa shape index (κ1) is 16.8. The van der Waals surface area contributed by atoms with E-state index < -0.39 is 0 Å². The molecule has 1 heterocycles. The molecule has 3 aliphatic rings. The van der Waals surface area contributed by atoms with Crippen LogP contribution in [0.15, 0.2) is 28.8 Å². The van der Waals surface area contributed by atoms with Gasteiger partial charge in [-0.1, -0.05) is 24.1 Å². The highest BCUT2D eigenvalue weighted by Crippen LogP contribution is 2.52. The smallest absolute Gasteiger partial charge is 0.113 e. The van der Waals surface area contributed by atoms with Crippen molar-refractivity contribution in [1.82, 2.24) is 10.6 Å². The molecule has 0 saturated heterocycles. The Labute approximate surface area is 152 Å². The SMILES string of the molecule is CNC1=Nc2cc(CNCCC3=CCCCC3)c(C)cc2C12CCC2. The fourth-order valence-corrected chi connectivity index (χ4v) is 4.70. The standard InChI is InChI=1S/C22H31N3/c1-16-13-19-20(25-21(23-2)22(19)10-6-11-22)14-18(16)15-24-12-9-17-7-4-3-5-8-17/h7,13-14,24H,3-6,8-12,15H2,1-2H3,(H,23,25). The van der Waals surface area contributed by atoms with Gasteiger partial charge in [-0.05, 0) is 81.2 Å². The normalized spacial score (nSPS) is 20.7. The van der Waals surface area contributed by atoms with Gasteiger partial charge in [-0.2, -0.15) is 0 Å². The van der Waals surface area contributed by atoms with Gasteiger partial charge in [0.05, 0.1) is 11.1 Å². The molecule has 25 heavy (non-hydrogen) atoms. The lowest BCUT2D eigenvalue weighted by atomic mass is 9.64. The fraction of sp³-hybridized carbons (Fsp3) is 0.591. The van der Waals surface area contributed by atoms with E-state index in [9.17, 15) is 0 Å². The number of fused-ring (bicyclic) bond motifs is 2. The number of likely N-dealkylation sites (N-methyl/N-ethyl adjacent to an activating group) is 1. The van der Waals surface area contributed by atoms with Gasteiger partial charge in [-0.25, -0.2) is 4.99 Å². The van der Waals surface area contributed by atoms with E-state index in [1.54, 1.807) is 5.57 Å². The first-order valence-electron chi connectivity index (χ1n) is 10.0. The van der Waals surface area contributed by atoms with Gasteiger partial charge < -0.3 is 10.6 Å². The molecule has 1 aliphatic heterocycles. The maximum Gasteiger partial charge on any atom is 0.113 e. The zero-order valence-corrected chi connectivity index (χ0v) is 15.8. The van der Waals surface area contributed by atoms with Crippen molar-refractivity contribution in [2.45, 2.75) is 70.3 Å². The number of allylic oxidation sites excluding steroid dienone is 1. The molecule has 0 unspecified atom stereocenters. The highest BCUT2D eigenvalue weighted by molar-refractivity contribution is 6.01. The number of nitrogens with zero attached hydrogens (tertiary/aromatic N) is 1. The molecular formula is C22H31N3. The van der Waals surface area contributed by atoms with Crippen LogP contribution >= 0.6 is 0 Å². The number of hydrogen-bond donors (Lipinski definition) is 2. The highest BCUT2D eigenvalue weighted by atomic mass is 15.0. The molecule has 1 spiro atoms. The van der Waals surface area contributed by atoms with Gasteiger partial charge in [0.15, 0.2) is 0 Å². The molecule has 1 fully saturated rings. The van der Waals surface area contributed by atoms with E-state index >= 15 is 0 Å². The fourth-order valence-electron chi connectivity index (χ4n) is 4.70. The summed E-state index contributed by atoms with van der Waals surface area (Å²) < 4.78 is 0. The van der Waals surface area contributed by atoms with Crippen molar-refractivity contribution >= 4 is 11.5 Å². The number of amidine groups is 1. The van der Waals surface area contributed by atoms with Crippen LogP contribution in [0.2, 0.25) is 0 Å². The lowest BCUT2D eigenvalue weighted by Gasteiger charge is -2.40. The third kappa shape index (κ3) is 3.03. The first-order chi connectivity index (χ1) is 12.2. The Morgan fingerprint density at radius 3 is 2.72 bits per heavy atom. The van der Waals surface area contributed by atoms with Gasteiger partial charge in [0, 0.05) is 13.6 Å². The Bertz CT molecular complexity index is 710. The van der Waals surface area contributed by atoms with Crippen molar-refractivity contribution in [3.63, 3.8) is 0 Å². The number of benzene rings is 1. The summed E-state index contributed by atoms with van der Waals surface area (Å²) in [4.78, 5) is 4.92. The third-order valence-corrected chi connectivity index (χ3v) is 6.42. The number of rotatable bonds is 5. The molecule has 1 saturated carbocycles. The Hall–Kier alpha value is -1.61. The molecule has 2 aliphatic carbocycles. The Kier molecular flexibility index (Phi) is 4.68. The van der Waals surface area contributed by atoms with Crippen molar-refractivity contribution in [2.75, 3.05) is 13.6 Å². The van der Waals surface area contributed by atoms with E-state index in [1.807, 2.05) is 7.05 Å². The van der Waals surface area contributed by atoms with E-state index in [2.05, 4.69) is 35.8 Å². The van der Waals surface area contributed by atoms with E-state index in [-0.39, 0.29) is 5.41 Å². The minimum Gasteiger partial charge on any atom is -0.376 e. The molecule has 1 aromatic carbocycles. The summed E-state index contributed by atoms with van der Waals surface area (Å²) >= 11 is 0. The van der Waals surface area contributed by atoms with E-state index in [0.29, 0.717) is 0 Å². The van der Waals surface area contributed by atoms with E-state index in [0.717, 1.165) is 13.1 Å². The first-order valence-corrected chi connectivity index (χ1v) is 10.0. The molecule has 3 nitrogen and oxygen atoms in total.